The van der Waals surface area contributed by atoms with Crippen LogP contribution in [0.1, 0.15) is 24.3 Å². The number of likely N-dealkylation sites (tertiary alicyclic amines) is 1. The molecule has 166 valence electrons. The Hall–Kier alpha value is -3.46. The lowest BCUT2D eigenvalue weighted by molar-refractivity contribution is 0.00705. The van der Waals surface area contributed by atoms with Crippen molar-refractivity contribution >= 4 is 23.2 Å². The summed E-state index contributed by atoms with van der Waals surface area (Å²) in [7, 11) is 0. The first-order valence-electron chi connectivity index (χ1n) is 10.1. The SMILES string of the molecule is Cc1oc(-c2ccccc2)nc1COc1cccc(SC(=O)N2CCC[C@H]2OC(=O)O)c1. The number of carbonyl (C=O) groups is 2. The van der Waals surface area contributed by atoms with Crippen LogP contribution in [0.5, 0.6) is 5.75 Å². The molecule has 4 rings (SSSR count). The minimum absolute atomic E-state index is 0.227. The molecule has 1 aliphatic rings. The van der Waals surface area contributed by atoms with Crippen LogP contribution in [0, 0.1) is 6.92 Å². The zero-order valence-corrected chi connectivity index (χ0v) is 18.2. The second-order valence-electron chi connectivity index (χ2n) is 7.19. The number of aromatic nitrogens is 1. The van der Waals surface area contributed by atoms with E-state index in [4.69, 9.17) is 19.0 Å². The van der Waals surface area contributed by atoms with Gasteiger partial charge in [-0.15, -0.1) is 0 Å². The molecule has 0 aliphatic carbocycles. The molecule has 1 aliphatic heterocycles. The van der Waals surface area contributed by atoms with Gasteiger partial charge in [-0.1, -0.05) is 24.3 Å². The number of aryl methyl sites for hydroxylation is 1. The van der Waals surface area contributed by atoms with E-state index in [-0.39, 0.29) is 11.8 Å². The van der Waals surface area contributed by atoms with Gasteiger partial charge in [0.2, 0.25) is 5.89 Å². The molecule has 0 saturated carbocycles. The summed E-state index contributed by atoms with van der Waals surface area (Å²) in [6, 6.07) is 16.8. The minimum atomic E-state index is -1.38. The van der Waals surface area contributed by atoms with Crippen LogP contribution in [0.2, 0.25) is 0 Å². The highest BCUT2D eigenvalue weighted by atomic mass is 32.2. The number of oxazole rings is 1. The van der Waals surface area contributed by atoms with Gasteiger partial charge in [-0.3, -0.25) is 9.69 Å². The summed E-state index contributed by atoms with van der Waals surface area (Å²) in [6.45, 7) is 2.54. The molecule has 1 saturated heterocycles. The fourth-order valence-corrected chi connectivity index (χ4v) is 4.24. The third-order valence-electron chi connectivity index (χ3n) is 4.97. The molecule has 9 heteroatoms. The Morgan fingerprint density at radius 1 is 1.22 bits per heavy atom. The smallest absolute Gasteiger partial charge is 0.487 e. The Kier molecular flexibility index (Phi) is 6.65. The van der Waals surface area contributed by atoms with E-state index in [9.17, 15) is 9.59 Å². The van der Waals surface area contributed by atoms with Crippen molar-refractivity contribution in [2.75, 3.05) is 6.54 Å². The topological polar surface area (TPSA) is 102 Å². The molecule has 2 heterocycles. The molecule has 1 atom stereocenters. The number of benzene rings is 2. The normalized spacial score (nSPS) is 15.5. The molecule has 1 fully saturated rings. The Labute approximate surface area is 189 Å². The summed E-state index contributed by atoms with van der Waals surface area (Å²) in [5.74, 6) is 1.81. The summed E-state index contributed by atoms with van der Waals surface area (Å²) in [5.41, 5.74) is 1.59. The minimum Gasteiger partial charge on any atom is -0.487 e. The van der Waals surface area contributed by atoms with Gasteiger partial charge in [-0.25, -0.2) is 9.78 Å². The van der Waals surface area contributed by atoms with Gasteiger partial charge in [-0.2, -0.15) is 0 Å². The summed E-state index contributed by atoms with van der Waals surface area (Å²) in [6.07, 6.45) is -0.909. The quantitative estimate of drug-likeness (QED) is 0.382. The van der Waals surface area contributed by atoms with Crippen LogP contribution < -0.4 is 4.74 Å². The molecule has 1 aromatic heterocycles. The summed E-state index contributed by atoms with van der Waals surface area (Å²) < 4.78 is 16.4. The lowest BCUT2D eigenvalue weighted by Crippen LogP contribution is -2.35. The zero-order chi connectivity index (χ0) is 22.5. The Balaban J connectivity index is 1.38. The average Bonchev–Trinajstić information content (AvgIpc) is 3.39. The maximum atomic E-state index is 12.6. The summed E-state index contributed by atoms with van der Waals surface area (Å²) in [5, 5.41) is 8.58. The van der Waals surface area contributed by atoms with Crippen LogP contribution in [-0.2, 0) is 11.3 Å². The summed E-state index contributed by atoms with van der Waals surface area (Å²) in [4.78, 5) is 30.1. The van der Waals surface area contributed by atoms with E-state index in [1.807, 2.05) is 37.3 Å². The number of carbonyl (C=O) groups excluding carboxylic acids is 1. The first kappa shape index (κ1) is 21.8. The van der Waals surface area contributed by atoms with Crippen molar-refractivity contribution in [2.24, 2.45) is 0 Å². The van der Waals surface area contributed by atoms with Crippen LogP contribution in [0.3, 0.4) is 0 Å². The third-order valence-corrected chi connectivity index (χ3v) is 5.87. The van der Waals surface area contributed by atoms with E-state index >= 15 is 0 Å². The van der Waals surface area contributed by atoms with Crippen LogP contribution >= 0.6 is 11.8 Å². The molecular formula is C23H22N2O6S. The molecule has 8 nitrogen and oxygen atoms in total. The Morgan fingerprint density at radius 2 is 2.03 bits per heavy atom. The number of hydrogen-bond acceptors (Lipinski definition) is 7. The maximum Gasteiger partial charge on any atom is 0.507 e. The molecule has 32 heavy (non-hydrogen) atoms. The van der Waals surface area contributed by atoms with E-state index in [1.54, 1.807) is 24.3 Å². The molecule has 0 spiro atoms. The number of carboxylic acid groups (broad SMARTS) is 1. The van der Waals surface area contributed by atoms with Crippen molar-refractivity contribution < 1.29 is 28.6 Å². The van der Waals surface area contributed by atoms with Crippen LogP contribution in [-0.4, -0.2) is 39.2 Å². The van der Waals surface area contributed by atoms with Crippen molar-refractivity contribution in [3.05, 3.63) is 66.1 Å². The molecule has 3 aromatic rings. The van der Waals surface area contributed by atoms with Gasteiger partial charge in [0.15, 0.2) is 6.23 Å². The monoisotopic (exact) mass is 454 g/mol. The van der Waals surface area contributed by atoms with Gasteiger partial charge >= 0.3 is 6.16 Å². The van der Waals surface area contributed by atoms with Crippen LogP contribution in [0.4, 0.5) is 9.59 Å². The van der Waals surface area contributed by atoms with Crippen LogP contribution in [0.15, 0.2) is 63.9 Å². The number of amides is 1. The van der Waals surface area contributed by atoms with Crippen molar-refractivity contribution in [1.82, 2.24) is 9.88 Å². The lowest BCUT2D eigenvalue weighted by atomic mass is 10.2. The van der Waals surface area contributed by atoms with Crippen molar-refractivity contribution in [3.63, 3.8) is 0 Å². The first-order chi connectivity index (χ1) is 15.5. The predicted molar refractivity (Wildman–Crippen MR) is 118 cm³/mol. The molecular weight excluding hydrogens is 432 g/mol. The summed E-state index contributed by atoms with van der Waals surface area (Å²) >= 11 is 1.01. The van der Waals surface area contributed by atoms with E-state index in [0.29, 0.717) is 47.4 Å². The van der Waals surface area contributed by atoms with E-state index < -0.39 is 12.4 Å². The highest BCUT2D eigenvalue weighted by molar-refractivity contribution is 8.13. The molecule has 0 radical (unpaired) electrons. The van der Waals surface area contributed by atoms with Gasteiger partial charge in [0.25, 0.3) is 5.24 Å². The number of rotatable bonds is 6. The van der Waals surface area contributed by atoms with Gasteiger partial charge < -0.3 is 19.0 Å². The number of thioether (sulfide) groups is 1. The van der Waals surface area contributed by atoms with Crippen molar-refractivity contribution in [3.8, 4) is 17.2 Å². The Morgan fingerprint density at radius 3 is 2.81 bits per heavy atom. The van der Waals surface area contributed by atoms with E-state index in [1.165, 1.54) is 4.90 Å². The van der Waals surface area contributed by atoms with E-state index in [2.05, 4.69) is 4.98 Å². The number of hydrogen-bond donors (Lipinski definition) is 1. The second-order valence-corrected chi connectivity index (χ2v) is 8.22. The van der Waals surface area contributed by atoms with E-state index in [0.717, 1.165) is 17.3 Å². The standard InChI is InChI=1S/C23H22N2O6S/c1-15-19(24-21(30-15)16-7-3-2-4-8-16)14-29-17-9-5-10-18(13-17)32-22(26)25-12-6-11-20(25)31-23(27)28/h2-5,7-10,13,20H,6,11-12,14H2,1H3,(H,27,28)/t20-/m1/s1. The van der Waals surface area contributed by atoms with Crippen molar-refractivity contribution in [2.45, 2.75) is 37.5 Å². The molecule has 1 amide bonds. The fourth-order valence-electron chi connectivity index (χ4n) is 3.39. The lowest BCUT2D eigenvalue weighted by Gasteiger charge is -2.22. The van der Waals surface area contributed by atoms with Crippen LogP contribution in [0.25, 0.3) is 11.5 Å². The molecule has 1 N–H and O–H groups in total. The highest BCUT2D eigenvalue weighted by Gasteiger charge is 2.32. The maximum absolute atomic E-state index is 12.6. The molecule has 0 unspecified atom stereocenters. The van der Waals surface area contributed by atoms with Gasteiger partial charge in [0.1, 0.15) is 23.8 Å². The number of nitrogens with zero attached hydrogens (tertiary/aromatic N) is 2. The fraction of sp³-hybridized carbons (Fsp3) is 0.261. The van der Waals surface area contributed by atoms with Crippen molar-refractivity contribution in [1.29, 1.82) is 0 Å². The largest absolute Gasteiger partial charge is 0.507 e. The molecule has 0 bridgehead atoms. The van der Waals surface area contributed by atoms with Gasteiger partial charge in [0, 0.05) is 23.4 Å². The second kappa shape index (κ2) is 9.78. The highest BCUT2D eigenvalue weighted by Crippen LogP contribution is 2.30. The average molecular weight is 455 g/mol. The first-order valence-corrected chi connectivity index (χ1v) is 10.9. The van der Waals surface area contributed by atoms with Gasteiger partial charge in [-0.05, 0) is 55.4 Å². The zero-order valence-electron chi connectivity index (χ0n) is 17.4. The third kappa shape index (κ3) is 5.23. The number of ether oxygens (including phenoxy) is 2. The predicted octanol–water partition coefficient (Wildman–Crippen LogP) is 5.56. The Bertz CT molecular complexity index is 1100. The van der Waals surface area contributed by atoms with Gasteiger partial charge in [0.05, 0.1) is 0 Å². The molecule has 2 aromatic carbocycles.